The van der Waals surface area contributed by atoms with E-state index in [-0.39, 0.29) is 43.0 Å². The van der Waals surface area contributed by atoms with E-state index in [1.165, 1.54) is 4.90 Å². The lowest BCUT2D eigenvalue weighted by molar-refractivity contribution is -0.136. The number of hydrogen-bond acceptors (Lipinski definition) is 11. The zero-order valence-corrected chi connectivity index (χ0v) is 21.9. The average molecular weight is 551 g/mol. The molecule has 4 N–H and O–H groups in total. The zero-order valence-electron chi connectivity index (χ0n) is 21.9. The quantitative estimate of drug-likeness (QED) is 0.272. The summed E-state index contributed by atoms with van der Waals surface area (Å²) in [4.78, 5) is 41.1. The molecule has 3 aliphatic rings. The number of nitrogens with one attached hydrogen (secondary N) is 2. The zero-order chi connectivity index (χ0) is 28.2. The minimum Gasteiger partial charge on any atom is -0.491 e. The van der Waals surface area contributed by atoms with E-state index in [9.17, 15) is 19.6 Å². The van der Waals surface area contributed by atoms with E-state index in [1.807, 2.05) is 13.0 Å². The van der Waals surface area contributed by atoms with Crippen molar-refractivity contribution in [1.29, 1.82) is 5.26 Å². The van der Waals surface area contributed by atoms with Gasteiger partial charge in [0.25, 0.3) is 12.4 Å². The highest BCUT2D eigenvalue weighted by molar-refractivity contribution is 5.95. The molecule has 13 nitrogen and oxygen atoms in total. The topological polar surface area (TPSA) is 178 Å². The fraction of sp³-hybridized carbons (Fsp3) is 0.444. The van der Waals surface area contributed by atoms with Crippen molar-refractivity contribution in [3.05, 3.63) is 41.0 Å². The van der Waals surface area contributed by atoms with Gasteiger partial charge in [0, 0.05) is 18.5 Å². The highest BCUT2D eigenvalue weighted by atomic mass is 16.6. The SMILES string of the molecule is CC(N)COc1ccc2c(c1C#N)CC(CNCCC1CN(c3ccc4c(n3)NC(=O)CO4)C(=O)O1)C2OC=O. The van der Waals surface area contributed by atoms with Crippen molar-refractivity contribution in [2.45, 2.75) is 38.0 Å². The van der Waals surface area contributed by atoms with Gasteiger partial charge >= 0.3 is 6.09 Å². The molecular formula is C27H30N6O7. The third kappa shape index (κ3) is 5.63. The number of aromatic nitrogens is 1. The summed E-state index contributed by atoms with van der Waals surface area (Å²) in [6.07, 6.45) is -0.285. The third-order valence-corrected chi connectivity index (χ3v) is 6.99. The number of rotatable bonds is 11. The number of amides is 2. The van der Waals surface area contributed by atoms with Crippen molar-refractivity contribution in [3.63, 3.8) is 0 Å². The van der Waals surface area contributed by atoms with E-state index in [0.717, 1.165) is 11.1 Å². The summed E-state index contributed by atoms with van der Waals surface area (Å²) in [5.41, 5.74) is 7.82. The van der Waals surface area contributed by atoms with Crippen LogP contribution in [0, 0.1) is 17.2 Å². The molecule has 2 aliphatic heterocycles. The molecule has 4 unspecified atom stereocenters. The van der Waals surface area contributed by atoms with Crippen molar-refractivity contribution in [3.8, 4) is 17.6 Å². The van der Waals surface area contributed by atoms with Crippen LogP contribution in [-0.2, 0) is 25.5 Å². The summed E-state index contributed by atoms with van der Waals surface area (Å²) in [5, 5.41) is 15.8. The minimum absolute atomic E-state index is 0.0765. The molecule has 1 fully saturated rings. The predicted octanol–water partition coefficient (Wildman–Crippen LogP) is 1.40. The van der Waals surface area contributed by atoms with Crippen molar-refractivity contribution >= 4 is 30.1 Å². The number of ether oxygens (including phenoxy) is 4. The Morgan fingerprint density at radius 3 is 2.98 bits per heavy atom. The van der Waals surface area contributed by atoms with Crippen LogP contribution in [-0.4, -0.2) is 68.5 Å². The molecule has 1 aliphatic carbocycles. The number of carbonyl (C=O) groups is 3. The maximum absolute atomic E-state index is 12.5. The van der Waals surface area contributed by atoms with Crippen LogP contribution in [0.3, 0.4) is 0 Å². The van der Waals surface area contributed by atoms with Crippen molar-refractivity contribution in [2.75, 3.05) is 43.1 Å². The van der Waals surface area contributed by atoms with Crippen LogP contribution in [0.4, 0.5) is 16.4 Å². The van der Waals surface area contributed by atoms with Crippen molar-refractivity contribution < 1.29 is 33.3 Å². The molecule has 2 amide bonds. The first-order chi connectivity index (χ1) is 19.4. The first-order valence-corrected chi connectivity index (χ1v) is 13.0. The molecule has 40 heavy (non-hydrogen) atoms. The summed E-state index contributed by atoms with van der Waals surface area (Å²) in [6, 6.07) is 8.90. The summed E-state index contributed by atoms with van der Waals surface area (Å²) in [6.45, 7) is 3.82. The lowest BCUT2D eigenvalue weighted by atomic mass is 10.0. The van der Waals surface area contributed by atoms with E-state index in [4.69, 9.17) is 24.7 Å². The Balaban J connectivity index is 1.16. The fourth-order valence-corrected chi connectivity index (χ4v) is 5.15. The highest BCUT2D eigenvalue weighted by Crippen LogP contribution is 2.42. The normalized spacial score (nSPS) is 21.8. The van der Waals surface area contributed by atoms with Crippen LogP contribution in [0.5, 0.6) is 11.5 Å². The lowest BCUT2D eigenvalue weighted by Gasteiger charge is -2.20. The van der Waals surface area contributed by atoms with Gasteiger partial charge in [0.1, 0.15) is 36.5 Å². The molecule has 1 aromatic carbocycles. The Morgan fingerprint density at radius 2 is 2.20 bits per heavy atom. The number of nitrogens with two attached hydrogens (primary N) is 1. The van der Waals surface area contributed by atoms with E-state index in [1.54, 1.807) is 18.2 Å². The van der Waals surface area contributed by atoms with Gasteiger partial charge in [-0.3, -0.25) is 14.5 Å². The number of hydrogen-bond donors (Lipinski definition) is 3. The van der Waals surface area contributed by atoms with Crippen LogP contribution in [0.15, 0.2) is 24.3 Å². The first kappa shape index (κ1) is 27.2. The Bertz CT molecular complexity index is 1340. The molecule has 4 atom stereocenters. The fourth-order valence-electron chi connectivity index (χ4n) is 5.15. The molecule has 0 spiro atoms. The van der Waals surface area contributed by atoms with Crippen LogP contribution < -0.4 is 30.7 Å². The molecular weight excluding hydrogens is 520 g/mol. The average Bonchev–Trinajstić information content (AvgIpc) is 3.48. The highest BCUT2D eigenvalue weighted by Gasteiger charge is 2.37. The maximum Gasteiger partial charge on any atom is 0.415 e. The van der Waals surface area contributed by atoms with Crippen molar-refractivity contribution in [2.24, 2.45) is 11.7 Å². The molecule has 0 saturated carbocycles. The van der Waals surface area contributed by atoms with Gasteiger partial charge in [0.15, 0.2) is 18.2 Å². The summed E-state index contributed by atoms with van der Waals surface area (Å²) < 4.78 is 22.0. The molecule has 1 aromatic heterocycles. The van der Waals surface area contributed by atoms with Crippen LogP contribution in [0.2, 0.25) is 0 Å². The molecule has 13 heteroatoms. The van der Waals surface area contributed by atoms with Crippen LogP contribution in [0.1, 0.15) is 36.1 Å². The maximum atomic E-state index is 12.5. The van der Waals surface area contributed by atoms with Crippen molar-refractivity contribution in [1.82, 2.24) is 10.3 Å². The second kappa shape index (κ2) is 11.8. The third-order valence-electron chi connectivity index (χ3n) is 6.99. The van der Waals surface area contributed by atoms with Crippen LogP contribution >= 0.6 is 0 Å². The van der Waals surface area contributed by atoms with Gasteiger partial charge < -0.3 is 35.3 Å². The van der Waals surface area contributed by atoms with Gasteiger partial charge in [-0.05, 0) is 55.6 Å². The second-order valence-electron chi connectivity index (χ2n) is 9.99. The number of benzene rings is 1. The van der Waals surface area contributed by atoms with E-state index < -0.39 is 12.2 Å². The molecule has 0 bridgehead atoms. The van der Waals surface area contributed by atoms with E-state index >= 15 is 0 Å². The van der Waals surface area contributed by atoms with Gasteiger partial charge in [-0.25, -0.2) is 9.78 Å². The van der Waals surface area contributed by atoms with E-state index in [2.05, 4.69) is 21.7 Å². The Labute approximate surface area is 230 Å². The predicted molar refractivity (Wildman–Crippen MR) is 141 cm³/mol. The molecule has 0 radical (unpaired) electrons. The summed E-state index contributed by atoms with van der Waals surface area (Å²) in [7, 11) is 0. The van der Waals surface area contributed by atoms with E-state index in [0.29, 0.717) is 61.8 Å². The van der Waals surface area contributed by atoms with Gasteiger partial charge in [-0.2, -0.15) is 5.26 Å². The number of nitrogens with zero attached hydrogens (tertiary/aromatic N) is 3. The number of carbonyl (C=O) groups excluding carboxylic acids is 3. The number of nitriles is 1. The largest absolute Gasteiger partial charge is 0.491 e. The smallest absolute Gasteiger partial charge is 0.415 e. The minimum atomic E-state index is -0.516. The second-order valence-corrected chi connectivity index (χ2v) is 9.99. The summed E-state index contributed by atoms with van der Waals surface area (Å²) >= 11 is 0. The van der Waals surface area contributed by atoms with Crippen LogP contribution in [0.25, 0.3) is 0 Å². The molecule has 210 valence electrons. The number of pyridine rings is 1. The van der Waals surface area contributed by atoms with Gasteiger partial charge in [-0.15, -0.1) is 0 Å². The van der Waals surface area contributed by atoms with Gasteiger partial charge in [0.05, 0.1) is 12.1 Å². The van der Waals surface area contributed by atoms with Gasteiger partial charge in [0.2, 0.25) is 0 Å². The monoisotopic (exact) mass is 550 g/mol. The number of fused-ring (bicyclic) bond motifs is 2. The Hall–Kier alpha value is -4.41. The molecule has 5 rings (SSSR count). The van der Waals surface area contributed by atoms with Gasteiger partial charge in [-0.1, -0.05) is 6.07 Å². The Kier molecular flexibility index (Phi) is 7.99. The molecule has 2 aromatic rings. The molecule has 1 saturated heterocycles. The number of cyclic esters (lactones) is 1. The summed E-state index contributed by atoms with van der Waals surface area (Å²) in [5.74, 6) is 1.14. The molecule has 3 heterocycles. The Morgan fingerprint density at radius 1 is 1.35 bits per heavy atom. The lowest BCUT2D eigenvalue weighted by Crippen LogP contribution is -2.31. The standard InChI is InChI=1S/C27H30N6O7/c1-15(29)12-37-21-3-2-18-19(20(21)9-28)8-16(25(18)39-14-34)10-30-7-6-17-11-33(27(36)40-17)23-5-4-22-26(31-23)32-24(35)13-38-22/h2-5,14-17,25,30H,6-8,10-13,29H2,1H3,(H,31,32,35). The first-order valence-electron chi connectivity index (χ1n) is 13.0. The number of anilines is 2.